The van der Waals surface area contributed by atoms with Crippen molar-refractivity contribution < 1.29 is 5.11 Å². The number of allylic oxidation sites excluding steroid dienone is 3. The van der Waals surface area contributed by atoms with Gasteiger partial charge in [-0.3, -0.25) is 0 Å². The minimum absolute atomic E-state index is 0.127. The van der Waals surface area contributed by atoms with Crippen LogP contribution in [-0.2, 0) is 0 Å². The number of rotatable bonds is 3. The molecule has 1 nitrogen and oxygen atoms in total. The number of hydrogen-bond acceptors (Lipinski definition) is 1. The molecule has 0 saturated carbocycles. The summed E-state index contributed by atoms with van der Waals surface area (Å²) in [7, 11) is 0. The number of aliphatic hydroxyl groups excluding tert-OH is 1. The van der Waals surface area contributed by atoms with E-state index in [1.807, 2.05) is 12.2 Å². The van der Waals surface area contributed by atoms with Gasteiger partial charge >= 0.3 is 0 Å². The molecule has 0 amide bonds. The molecule has 0 rings (SSSR count). The van der Waals surface area contributed by atoms with Gasteiger partial charge in [-0.05, 0) is 5.92 Å². The van der Waals surface area contributed by atoms with Crippen LogP contribution < -0.4 is 0 Å². The standard InChI is InChI=1S/C8H14O/c1-8(2)6-4-3-5-7-9/h3-6,8-9H,7H2,1-2H3/b5-3+,6-4+. The molecule has 0 aliphatic carbocycles. The summed E-state index contributed by atoms with van der Waals surface area (Å²) in [5, 5.41) is 8.31. The summed E-state index contributed by atoms with van der Waals surface area (Å²) >= 11 is 0. The van der Waals surface area contributed by atoms with Crippen molar-refractivity contribution in [1.29, 1.82) is 0 Å². The van der Waals surface area contributed by atoms with Crippen LogP contribution >= 0.6 is 0 Å². The highest BCUT2D eigenvalue weighted by atomic mass is 16.2. The van der Waals surface area contributed by atoms with E-state index in [1.54, 1.807) is 6.08 Å². The number of hydrogen-bond donors (Lipinski definition) is 1. The van der Waals surface area contributed by atoms with Gasteiger partial charge in [-0.15, -0.1) is 0 Å². The molecular formula is C8H14O. The normalized spacial score (nSPS) is 12.4. The van der Waals surface area contributed by atoms with Gasteiger partial charge in [-0.1, -0.05) is 38.2 Å². The van der Waals surface area contributed by atoms with Gasteiger partial charge in [0.1, 0.15) is 0 Å². The van der Waals surface area contributed by atoms with Crippen LogP contribution in [0, 0.1) is 5.92 Å². The minimum atomic E-state index is 0.127. The molecule has 1 heteroatoms. The molecule has 0 atom stereocenters. The second-order valence-electron chi connectivity index (χ2n) is 2.24. The Morgan fingerprint density at radius 1 is 1.33 bits per heavy atom. The van der Waals surface area contributed by atoms with Crippen LogP contribution in [0.25, 0.3) is 0 Å². The fraction of sp³-hybridized carbons (Fsp3) is 0.500. The molecule has 0 aliphatic heterocycles. The average molecular weight is 126 g/mol. The Kier molecular flexibility index (Phi) is 5.23. The van der Waals surface area contributed by atoms with Crippen molar-refractivity contribution >= 4 is 0 Å². The summed E-state index contributed by atoms with van der Waals surface area (Å²) in [5.41, 5.74) is 0. The molecule has 52 valence electrons. The van der Waals surface area contributed by atoms with Gasteiger partial charge < -0.3 is 5.11 Å². The van der Waals surface area contributed by atoms with E-state index >= 15 is 0 Å². The zero-order valence-electron chi connectivity index (χ0n) is 6.04. The highest BCUT2D eigenvalue weighted by Gasteiger charge is 1.78. The molecule has 0 unspecified atom stereocenters. The fourth-order valence-electron chi connectivity index (χ4n) is 0.426. The van der Waals surface area contributed by atoms with Crippen LogP contribution in [-0.4, -0.2) is 11.7 Å². The van der Waals surface area contributed by atoms with E-state index in [9.17, 15) is 0 Å². The zero-order valence-corrected chi connectivity index (χ0v) is 6.04. The van der Waals surface area contributed by atoms with Gasteiger partial charge in [0.05, 0.1) is 6.61 Å². The Labute approximate surface area is 56.7 Å². The van der Waals surface area contributed by atoms with Crippen LogP contribution in [0.15, 0.2) is 24.3 Å². The first-order valence-electron chi connectivity index (χ1n) is 3.21. The Morgan fingerprint density at radius 2 is 2.00 bits per heavy atom. The molecule has 0 bridgehead atoms. The van der Waals surface area contributed by atoms with Gasteiger partial charge in [-0.2, -0.15) is 0 Å². The Balaban J connectivity index is 3.35. The molecule has 0 radical (unpaired) electrons. The van der Waals surface area contributed by atoms with Crippen LogP contribution in [0.4, 0.5) is 0 Å². The topological polar surface area (TPSA) is 20.2 Å². The third kappa shape index (κ3) is 7.44. The predicted octanol–water partition coefficient (Wildman–Crippen LogP) is 1.75. The highest BCUT2D eigenvalue weighted by Crippen LogP contribution is 1.92. The Hall–Kier alpha value is -0.560. The molecule has 0 aromatic heterocycles. The van der Waals surface area contributed by atoms with Crippen molar-refractivity contribution in [1.82, 2.24) is 0 Å². The maximum absolute atomic E-state index is 8.31. The predicted molar refractivity (Wildman–Crippen MR) is 40.2 cm³/mol. The lowest BCUT2D eigenvalue weighted by Gasteiger charge is -1.88. The van der Waals surface area contributed by atoms with Crippen molar-refractivity contribution in [3.05, 3.63) is 24.3 Å². The van der Waals surface area contributed by atoms with Gasteiger partial charge in [-0.25, -0.2) is 0 Å². The van der Waals surface area contributed by atoms with Gasteiger partial charge in [0.15, 0.2) is 0 Å². The maximum Gasteiger partial charge on any atom is 0.0615 e. The first-order chi connectivity index (χ1) is 4.27. The van der Waals surface area contributed by atoms with Crippen LogP contribution in [0.3, 0.4) is 0 Å². The smallest absolute Gasteiger partial charge is 0.0615 e. The van der Waals surface area contributed by atoms with Crippen molar-refractivity contribution in [2.24, 2.45) is 5.92 Å². The van der Waals surface area contributed by atoms with Crippen LogP contribution in [0.2, 0.25) is 0 Å². The summed E-state index contributed by atoms with van der Waals surface area (Å²) in [6.45, 7) is 4.36. The highest BCUT2D eigenvalue weighted by molar-refractivity contribution is 5.03. The molecule has 1 N–H and O–H groups in total. The first-order valence-corrected chi connectivity index (χ1v) is 3.21. The molecule has 0 aliphatic rings. The molecule has 0 spiro atoms. The SMILES string of the molecule is CC(C)/C=C/C=C/CO. The third-order valence-electron chi connectivity index (χ3n) is 0.849. The van der Waals surface area contributed by atoms with Crippen molar-refractivity contribution in [2.45, 2.75) is 13.8 Å². The Bertz CT molecular complexity index is 101. The average Bonchev–Trinajstić information content (AvgIpc) is 1.80. The van der Waals surface area contributed by atoms with Gasteiger partial charge in [0.2, 0.25) is 0 Å². The summed E-state index contributed by atoms with van der Waals surface area (Å²) in [4.78, 5) is 0. The molecule has 0 aromatic carbocycles. The second kappa shape index (κ2) is 5.57. The van der Waals surface area contributed by atoms with Crippen molar-refractivity contribution in [3.8, 4) is 0 Å². The van der Waals surface area contributed by atoms with E-state index in [4.69, 9.17) is 5.11 Å². The lowest BCUT2D eigenvalue weighted by atomic mass is 10.2. The van der Waals surface area contributed by atoms with E-state index in [0.717, 1.165) is 0 Å². The number of aliphatic hydroxyl groups is 1. The van der Waals surface area contributed by atoms with Gasteiger partial charge in [0, 0.05) is 0 Å². The third-order valence-corrected chi connectivity index (χ3v) is 0.849. The summed E-state index contributed by atoms with van der Waals surface area (Å²) in [6.07, 6.45) is 7.58. The second-order valence-corrected chi connectivity index (χ2v) is 2.24. The van der Waals surface area contributed by atoms with Crippen LogP contribution in [0.5, 0.6) is 0 Å². The molecular weight excluding hydrogens is 112 g/mol. The van der Waals surface area contributed by atoms with Gasteiger partial charge in [0.25, 0.3) is 0 Å². The minimum Gasteiger partial charge on any atom is -0.392 e. The maximum atomic E-state index is 8.31. The zero-order chi connectivity index (χ0) is 7.11. The van der Waals surface area contributed by atoms with E-state index in [2.05, 4.69) is 19.9 Å². The first kappa shape index (κ1) is 8.44. The van der Waals surface area contributed by atoms with E-state index < -0.39 is 0 Å². The van der Waals surface area contributed by atoms with Crippen LogP contribution in [0.1, 0.15) is 13.8 Å². The molecule has 0 fully saturated rings. The largest absolute Gasteiger partial charge is 0.392 e. The monoisotopic (exact) mass is 126 g/mol. The summed E-state index contributed by atoms with van der Waals surface area (Å²) in [6, 6.07) is 0. The molecule has 0 heterocycles. The van der Waals surface area contributed by atoms with E-state index in [0.29, 0.717) is 5.92 Å². The lowest BCUT2D eigenvalue weighted by molar-refractivity contribution is 0.343. The van der Waals surface area contributed by atoms with E-state index in [1.165, 1.54) is 0 Å². The summed E-state index contributed by atoms with van der Waals surface area (Å²) in [5.74, 6) is 0.591. The van der Waals surface area contributed by atoms with E-state index in [-0.39, 0.29) is 6.61 Å². The van der Waals surface area contributed by atoms with Crippen molar-refractivity contribution in [2.75, 3.05) is 6.61 Å². The Morgan fingerprint density at radius 3 is 2.44 bits per heavy atom. The lowest BCUT2D eigenvalue weighted by Crippen LogP contribution is -1.75. The molecule has 9 heavy (non-hydrogen) atoms. The molecule has 0 saturated heterocycles. The molecule has 0 aromatic rings. The quantitative estimate of drug-likeness (QED) is 0.571. The summed E-state index contributed by atoms with van der Waals surface area (Å²) < 4.78 is 0. The fourth-order valence-corrected chi connectivity index (χ4v) is 0.426. The van der Waals surface area contributed by atoms with Crippen molar-refractivity contribution in [3.63, 3.8) is 0 Å².